The monoisotopic (exact) mass is 363 g/mol. The van der Waals surface area contributed by atoms with Crippen molar-refractivity contribution in [1.82, 2.24) is 9.62 Å². The Hall–Kier alpha value is -0.670. The van der Waals surface area contributed by atoms with Gasteiger partial charge in [-0.2, -0.15) is 0 Å². The van der Waals surface area contributed by atoms with E-state index in [9.17, 15) is 8.42 Å². The third kappa shape index (κ3) is 3.92. The SMILES string of the molecule is CN1CCOC(CNS(=O)(=O)c2cc(N)ccc2Br)C1. The molecule has 1 aromatic rings. The number of anilines is 1. The highest BCUT2D eigenvalue weighted by Gasteiger charge is 2.22. The second kappa shape index (κ2) is 6.40. The number of nitrogen functional groups attached to an aromatic ring is 1. The molecule has 1 heterocycles. The summed E-state index contributed by atoms with van der Waals surface area (Å²) in [5, 5.41) is 0. The van der Waals surface area contributed by atoms with Gasteiger partial charge in [-0.15, -0.1) is 0 Å². The lowest BCUT2D eigenvalue weighted by Gasteiger charge is -2.30. The number of morpholine rings is 1. The summed E-state index contributed by atoms with van der Waals surface area (Å²) in [5.74, 6) is 0. The molecular formula is C12H18BrN3O3S. The summed E-state index contributed by atoms with van der Waals surface area (Å²) in [4.78, 5) is 2.25. The van der Waals surface area contributed by atoms with Crippen LogP contribution in [0.25, 0.3) is 0 Å². The Morgan fingerprint density at radius 2 is 2.30 bits per heavy atom. The van der Waals surface area contributed by atoms with Crippen LogP contribution in [0.4, 0.5) is 5.69 Å². The molecule has 1 fully saturated rings. The van der Waals surface area contributed by atoms with E-state index >= 15 is 0 Å². The summed E-state index contributed by atoms with van der Waals surface area (Å²) < 4.78 is 33.1. The second-order valence-electron chi connectivity index (χ2n) is 4.80. The van der Waals surface area contributed by atoms with Crippen molar-refractivity contribution in [2.24, 2.45) is 0 Å². The molecule has 112 valence electrons. The molecule has 20 heavy (non-hydrogen) atoms. The van der Waals surface area contributed by atoms with Gasteiger partial charge in [0.05, 0.1) is 17.6 Å². The van der Waals surface area contributed by atoms with E-state index in [1.165, 1.54) is 6.07 Å². The number of benzene rings is 1. The topological polar surface area (TPSA) is 84.7 Å². The molecule has 0 saturated carbocycles. The second-order valence-corrected chi connectivity index (χ2v) is 7.39. The molecule has 1 aliphatic heterocycles. The number of halogens is 1. The third-order valence-corrected chi connectivity index (χ3v) is 5.51. The van der Waals surface area contributed by atoms with Crippen molar-refractivity contribution in [3.8, 4) is 0 Å². The normalized spacial score (nSPS) is 21.0. The predicted octanol–water partition coefficient (Wildman–Crippen LogP) is 0.640. The van der Waals surface area contributed by atoms with Crippen molar-refractivity contribution >= 4 is 31.6 Å². The molecule has 1 aromatic carbocycles. The van der Waals surface area contributed by atoms with E-state index in [1.807, 2.05) is 7.05 Å². The van der Waals surface area contributed by atoms with Crippen LogP contribution in [0.15, 0.2) is 27.6 Å². The summed E-state index contributed by atoms with van der Waals surface area (Å²) in [6, 6.07) is 4.69. The standard InChI is InChI=1S/C12H18BrN3O3S/c1-16-4-5-19-10(8-16)7-15-20(17,18)12-6-9(14)2-3-11(12)13/h2-3,6,10,15H,4-5,7-8,14H2,1H3. The summed E-state index contributed by atoms with van der Waals surface area (Å²) in [6.45, 7) is 2.43. The van der Waals surface area contributed by atoms with Crippen molar-refractivity contribution in [2.45, 2.75) is 11.0 Å². The van der Waals surface area contributed by atoms with E-state index in [0.29, 0.717) is 23.3 Å². The zero-order chi connectivity index (χ0) is 14.8. The Balaban J connectivity index is 2.05. The van der Waals surface area contributed by atoms with Gasteiger partial charge in [0.25, 0.3) is 0 Å². The molecule has 8 heteroatoms. The largest absolute Gasteiger partial charge is 0.399 e. The maximum atomic E-state index is 12.3. The Bertz CT molecular complexity index is 579. The van der Waals surface area contributed by atoms with Crippen LogP contribution in [0, 0.1) is 0 Å². The summed E-state index contributed by atoms with van der Waals surface area (Å²) in [5.41, 5.74) is 6.04. The highest BCUT2D eigenvalue weighted by Crippen LogP contribution is 2.24. The first-order chi connectivity index (χ1) is 9.38. The third-order valence-electron chi connectivity index (χ3n) is 3.09. The van der Waals surface area contributed by atoms with Crippen molar-refractivity contribution in [3.63, 3.8) is 0 Å². The number of hydrogen-bond donors (Lipinski definition) is 2. The fourth-order valence-electron chi connectivity index (χ4n) is 2.00. The number of rotatable bonds is 4. The molecule has 1 saturated heterocycles. The quantitative estimate of drug-likeness (QED) is 0.766. The van der Waals surface area contributed by atoms with Gasteiger partial charge in [-0.25, -0.2) is 13.1 Å². The number of hydrogen-bond acceptors (Lipinski definition) is 5. The number of nitrogens with two attached hydrogens (primary N) is 1. The average molecular weight is 364 g/mol. The number of likely N-dealkylation sites (N-methyl/N-ethyl adjacent to an activating group) is 1. The predicted molar refractivity (Wildman–Crippen MR) is 81.0 cm³/mol. The van der Waals surface area contributed by atoms with Gasteiger partial charge >= 0.3 is 0 Å². The summed E-state index contributed by atoms with van der Waals surface area (Å²) >= 11 is 3.23. The van der Waals surface area contributed by atoms with E-state index in [2.05, 4.69) is 25.6 Å². The Morgan fingerprint density at radius 3 is 3.00 bits per heavy atom. The van der Waals surface area contributed by atoms with Gasteiger partial charge in [0, 0.05) is 29.8 Å². The first kappa shape index (κ1) is 15.7. The molecule has 0 aliphatic carbocycles. The summed E-state index contributed by atoms with van der Waals surface area (Å²) in [7, 11) is -1.62. The minimum atomic E-state index is -3.61. The smallest absolute Gasteiger partial charge is 0.241 e. The fraction of sp³-hybridized carbons (Fsp3) is 0.500. The highest BCUT2D eigenvalue weighted by atomic mass is 79.9. The Morgan fingerprint density at radius 1 is 1.55 bits per heavy atom. The average Bonchev–Trinajstić information content (AvgIpc) is 2.39. The van der Waals surface area contributed by atoms with Crippen LogP contribution in [0.3, 0.4) is 0 Å². The lowest BCUT2D eigenvalue weighted by Crippen LogP contribution is -2.45. The number of nitrogens with zero attached hydrogens (tertiary/aromatic N) is 1. The van der Waals surface area contributed by atoms with Crippen LogP contribution in [0.1, 0.15) is 0 Å². The maximum Gasteiger partial charge on any atom is 0.241 e. The van der Waals surface area contributed by atoms with Crippen molar-refractivity contribution in [1.29, 1.82) is 0 Å². The van der Waals surface area contributed by atoms with Crippen LogP contribution in [-0.4, -0.2) is 52.7 Å². The molecule has 1 unspecified atom stereocenters. The Labute approximate surface area is 127 Å². The Kier molecular flexibility index (Phi) is 5.03. The van der Waals surface area contributed by atoms with Gasteiger partial charge in [-0.05, 0) is 41.2 Å². The van der Waals surface area contributed by atoms with E-state index in [0.717, 1.165) is 6.54 Å². The van der Waals surface area contributed by atoms with Crippen LogP contribution in [-0.2, 0) is 14.8 Å². The molecule has 1 aliphatic rings. The number of ether oxygens (including phenoxy) is 1. The molecule has 0 spiro atoms. The van der Waals surface area contributed by atoms with Gasteiger partial charge in [0.15, 0.2) is 0 Å². The summed E-state index contributed by atoms with van der Waals surface area (Å²) in [6.07, 6.45) is -0.136. The van der Waals surface area contributed by atoms with Crippen LogP contribution >= 0.6 is 15.9 Å². The van der Waals surface area contributed by atoms with Gasteiger partial charge in [0.2, 0.25) is 10.0 Å². The number of nitrogens with one attached hydrogen (secondary N) is 1. The van der Waals surface area contributed by atoms with E-state index in [-0.39, 0.29) is 17.5 Å². The fourth-order valence-corrected chi connectivity index (χ4v) is 4.06. The minimum Gasteiger partial charge on any atom is -0.399 e. The molecule has 6 nitrogen and oxygen atoms in total. The molecular weight excluding hydrogens is 346 g/mol. The lowest BCUT2D eigenvalue weighted by atomic mass is 10.3. The lowest BCUT2D eigenvalue weighted by molar-refractivity contribution is -0.0156. The van der Waals surface area contributed by atoms with Crippen LogP contribution < -0.4 is 10.5 Å². The first-order valence-electron chi connectivity index (χ1n) is 6.23. The first-order valence-corrected chi connectivity index (χ1v) is 8.51. The zero-order valence-corrected chi connectivity index (χ0v) is 13.6. The maximum absolute atomic E-state index is 12.3. The van der Waals surface area contributed by atoms with Crippen LogP contribution in [0.5, 0.6) is 0 Å². The molecule has 0 amide bonds. The van der Waals surface area contributed by atoms with E-state index in [4.69, 9.17) is 10.5 Å². The molecule has 0 radical (unpaired) electrons. The highest BCUT2D eigenvalue weighted by molar-refractivity contribution is 9.10. The minimum absolute atomic E-state index is 0.136. The molecule has 0 aromatic heterocycles. The van der Waals surface area contributed by atoms with Crippen molar-refractivity contribution in [3.05, 3.63) is 22.7 Å². The van der Waals surface area contributed by atoms with Gasteiger partial charge in [0.1, 0.15) is 0 Å². The molecule has 3 N–H and O–H groups in total. The molecule has 0 bridgehead atoms. The van der Waals surface area contributed by atoms with E-state index in [1.54, 1.807) is 12.1 Å². The number of sulfonamides is 1. The molecule has 2 rings (SSSR count). The van der Waals surface area contributed by atoms with Crippen molar-refractivity contribution in [2.75, 3.05) is 39.0 Å². The van der Waals surface area contributed by atoms with Crippen LogP contribution in [0.2, 0.25) is 0 Å². The van der Waals surface area contributed by atoms with Gasteiger partial charge in [-0.1, -0.05) is 0 Å². The van der Waals surface area contributed by atoms with Gasteiger partial charge in [-0.3, -0.25) is 0 Å². The molecule has 1 atom stereocenters. The van der Waals surface area contributed by atoms with E-state index < -0.39 is 10.0 Å². The van der Waals surface area contributed by atoms with Crippen molar-refractivity contribution < 1.29 is 13.2 Å². The van der Waals surface area contributed by atoms with Gasteiger partial charge < -0.3 is 15.4 Å². The zero-order valence-electron chi connectivity index (χ0n) is 11.2.